The molecule has 1 fully saturated rings. The average Bonchev–Trinajstić information content (AvgIpc) is 3.18. The molecule has 1 saturated heterocycles. The zero-order valence-corrected chi connectivity index (χ0v) is 12.5. The predicted octanol–water partition coefficient (Wildman–Crippen LogP) is 3.08. The van der Waals surface area contributed by atoms with Gasteiger partial charge in [-0.3, -0.25) is 9.59 Å². The van der Waals surface area contributed by atoms with Crippen molar-refractivity contribution in [3.8, 4) is 0 Å². The van der Waals surface area contributed by atoms with Gasteiger partial charge in [0, 0.05) is 18.7 Å². The van der Waals surface area contributed by atoms with Gasteiger partial charge in [-0.2, -0.15) is 0 Å². The summed E-state index contributed by atoms with van der Waals surface area (Å²) in [6.07, 6.45) is 3.54. The van der Waals surface area contributed by atoms with E-state index in [1.165, 1.54) is 6.26 Å². The van der Waals surface area contributed by atoms with Crippen LogP contribution in [0.5, 0.6) is 0 Å². The quantitative estimate of drug-likeness (QED) is 0.947. The van der Waals surface area contributed by atoms with Crippen LogP contribution in [-0.4, -0.2) is 29.8 Å². The maximum absolute atomic E-state index is 12.6. The molecule has 22 heavy (non-hydrogen) atoms. The van der Waals surface area contributed by atoms with Crippen LogP contribution in [-0.2, 0) is 0 Å². The van der Waals surface area contributed by atoms with Crippen molar-refractivity contribution in [3.05, 3.63) is 53.5 Å². The fraction of sp³-hybridized carbons (Fsp3) is 0.294. The van der Waals surface area contributed by atoms with Crippen molar-refractivity contribution in [2.45, 2.75) is 19.8 Å². The summed E-state index contributed by atoms with van der Waals surface area (Å²) in [5.41, 5.74) is 1.79. The summed E-state index contributed by atoms with van der Waals surface area (Å²) in [5.74, 6) is -0.114. The van der Waals surface area contributed by atoms with E-state index < -0.39 is 0 Å². The van der Waals surface area contributed by atoms with Gasteiger partial charge in [-0.25, -0.2) is 0 Å². The standard InChI is InChI=1S/C17H18N2O3/c1-12-8-11-22-15(12)16(20)18-14-7-3-2-6-13(14)17(21)19-9-4-5-10-19/h2-3,6-8,11H,4-5,9-10H2,1H3,(H,18,20). The average molecular weight is 298 g/mol. The van der Waals surface area contributed by atoms with E-state index in [9.17, 15) is 9.59 Å². The number of furan rings is 1. The molecule has 2 heterocycles. The number of benzene rings is 1. The molecule has 2 amide bonds. The normalized spacial score (nSPS) is 14.1. The predicted molar refractivity (Wildman–Crippen MR) is 83.0 cm³/mol. The molecule has 0 saturated carbocycles. The number of rotatable bonds is 3. The number of hydrogen-bond donors (Lipinski definition) is 1. The van der Waals surface area contributed by atoms with E-state index in [0.717, 1.165) is 31.5 Å². The van der Waals surface area contributed by atoms with Crippen molar-refractivity contribution in [2.24, 2.45) is 0 Å². The Kier molecular flexibility index (Phi) is 3.96. The van der Waals surface area contributed by atoms with Crippen LogP contribution in [0.1, 0.15) is 39.3 Å². The van der Waals surface area contributed by atoms with Gasteiger partial charge in [0.1, 0.15) is 0 Å². The monoisotopic (exact) mass is 298 g/mol. The van der Waals surface area contributed by atoms with Crippen LogP contribution in [0.4, 0.5) is 5.69 Å². The zero-order chi connectivity index (χ0) is 15.5. The molecule has 0 atom stereocenters. The zero-order valence-electron chi connectivity index (χ0n) is 12.5. The highest BCUT2D eigenvalue weighted by Crippen LogP contribution is 2.21. The summed E-state index contributed by atoms with van der Waals surface area (Å²) < 4.78 is 5.19. The fourth-order valence-corrected chi connectivity index (χ4v) is 2.65. The number of anilines is 1. The lowest BCUT2D eigenvalue weighted by Gasteiger charge is -2.17. The molecule has 3 rings (SSSR count). The molecular formula is C17H18N2O3. The number of amides is 2. The number of carbonyl (C=O) groups is 2. The fourth-order valence-electron chi connectivity index (χ4n) is 2.65. The maximum atomic E-state index is 12.6. The van der Waals surface area contributed by atoms with E-state index in [1.54, 1.807) is 37.3 Å². The minimum atomic E-state index is -0.343. The molecule has 2 aromatic rings. The molecule has 1 N–H and O–H groups in total. The molecule has 0 unspecified atom stereocenters. The van der Waals surface area contributed by atoms with Gasteiger partial charge in [0.2, 0.25) is 0 Å². The molecule has 1 aromatic carbocycles. The molecule has 0 radical (unpaired) electrons. The van der Waals surface area contributed by atoms with Crippen LogP contribution in [0.15, 0.2) is 41.0 Å². The second kappa shape index (κ2) is 6.05. The molecular weight excluding hydrogens is 280 g/mol. The molecule has 1 aliphatic heterocycles. The Morgan fingerprint density at radius 3 is 2.55 bits per heavy atom. The number of para-hydroxylation sites is 1. The lowest BCUT2D eigenvalue weighted by atomic mass is 10.1. The number of aryl methyl sites for hydroxylation is 1. The topological polar surface area (TPSA) is 62.6 Å². The van der Waals surface area contributed by atoms with E-state index in [2.05, 4.69) is 5.32 Å². The summed E-state index contributed by atoms with van der Waals surface area (Å²) in [5, 5.41) is 2.78. The minimum absolute atomic E-state index is 0.0374. The summed E-state index contributed by atoms with van der Waals surface area (Å²) in [4.78, 5) is 26.6. The lowest BCUT2D eigenvalue weighted by Crippen LogP contribution is -2.28. The second-order valence-electron chi connectivity index (χ2n) is 5.43. The van der Waals surface area contributed by atoms with E-state index >= 15 is 0 Å². The van der Waals surface area contributed by atoms with Crippen LogP contribution < -0.4 is 5.32 Å². The molecule has 0 bridgehead atoms. The highest BCUT2D eigenvalue weighted by atomic mass is 16.3. The van der Waals surface area contributed by atoms with Gasteiger partial charge in [-0.1, -0.05) is 12.1 Å². The Morgan fingerprint density at radius 2 is 1.86 bits per heavy atom. The maximum Gasteiger partial charge on any atom is 0.291 e. The Hall–Kier alpha value is -2.56. The molecule has 5 nitrogen and oxygen atoms in total. The van der Waals surface area contributed by atoms with Gasteiger partial charge < -0.3 is 14.6 Å². The molecule has 0 aliphatic carbocycles. The first-order chi connectivity index (χ1) is 10.7. The minimum Gasteiger partial charge on any atom is -0.459 e. The number of nitrogens with zero attached hydrogens (tertiary/aromatic N) is 1. The van der Waals surface area contributed by atoms with E-state index in [1.807, 2.05) is 4.90 Å². The number of carbonyl (C=O) groups excluding carboxylic acids is 2. The van der Waals surface area contributed by atoms with Crippen LogP contribution in [0, 0.1) is 6.92 Å². The van der Waals surface area contributed by atoms with Gasteiger partial charge >= 0.3 is 0 Å². The van der Waals surface area contributed by atoms with E-state index in [-0.39, 0.29) is 17.6 Å². The van der Waals surface area contributed by atoms with E-state index in [0.29, 0.717) is 11.3 Å². The third-order valence-electron chi connectivity index (χ3n) is 3.87. The van der Waals surface area contributed by atoms with Gasteiger partial charge in [0.15, 0.2) is 5.76 Å². The highest BCUT2D eigenvalue weighted by Gasteiger charge is 2.23. The lowest BCUT2D eigenvalue weighted by molar-refractivity contribution is 0.0794. The Balaban J connectivity index is 1.83. The van der Waals surface area contributed by atoms with Crippen molar-refractivity contribution in [1.82, 2.24) is 4.90 Å². The third-order valence-corrected chi connectivity index (χ3v) is 3.87. The van der Waals surface area contributed by atoms with E-state index in [4.69, 9.17) is 4.42 Å². The van der Waals surface area contributed by atoms with Crippen molar-refractivity contribution < 1.29 is 14.0 Å². The SMILES string of the molecule is Cc1ccoc1C(=O)Nc1ccccc1C(=O)N1CCCC1. The summed E-state index contributed by atoms with van der Waals surface area (Å²) in [6, 6.07) is 8.81. The van der Waals surface area contributed by atoms with Gasteiger partial charge in [0.25, 0.3) is 11.8 Å². The molecule has 1 aliphatic rings. The van der Waals surface area contributed by atoms with Crippen molar-refractivity contribution in [2.75, 3.05) is 18.4 Å². The Bertz CT molecular complexity index is 699. The highest BCUT2D eigenvalue weighted by molar-refractivity contribution is 6.08. The summed E-state index contributed by atoms with van der Waals surface area (Å²) >= 11 is 0. The van der Waals surface area contributed by atoms with Gasteiger partial charge in [-0.15, -0.1) is 0 Å². The van der Waals surface area contributed by atoms with Crippen molar-refractivity contribution >= 4 is 17.5 Å². The molecule has 114 valence electrons. The first-order valence-electron chi connectivity index (χ1n) is 7.40. The van der Waals surface area contributed by atoms with Crippen molar-refractivity contribution in [3.63, 3.8) is 0 Å². The van der Waals surface area contributed by atoms with Crippen LogP contribution in [0.25, 0.3) is 0 Å². The first kappa shape index (κ1) is 14.4. The smallest absolute Gasteiger partial charge is 0.291 e. The number of likely N-dealkylation sites (tertiary alicyclic amines) is 1. The van der Waals surface area contributed by atoms with Crippen LogP contribution in [0.3, 0.4) is 0 Å². The largest absolute Gasteiger partial charge is 0.459 e. The molecule has 1 aromatic heterocycles. The number of hydrogen-bond acceptors (Lipinski definition) is 3. The summed E-state index contributed by atoms with van der Waals surface area (Å²) in [7, 11) is 0. The van der Waals surface area contributed by atoms with Crippen LogP contribution in [0.2, 0.25) is 0 Å². The third kappa shape index (κ3) is 2.74. The number of nitrogens with one attached hydrogen (secondary N) is 1. The second-order valence-corrected chi connectivity index (χ2v) is 5.43. The van der Waals surface area contributed by atoms with Crippen LogP contribution >= 0.6 is 0 Å². The van der Waals surface area contributed by atoms with Crippen molar-refractivity contribution in [1.29, 1.82) is 0 Å². The Morgan fingerprint density at radius 1 is 1.14 bits per heavy atom. The van der Waals surface area contributed by atoms with Gasteiger partial charge in [-0.05, 0) is 38.0 Å². The Labute approximate surface area is 128 Å². The summed E-state index contributed by atoms with van der Waals surface area (Å²) in [6.45, 7) is 3.36. The molecule has 0 spiro atoms. The first-order valence-corrected chi connectivity index (χ1v) is 7.40. The molecule has 5 heteroatoms. The van der Waals surface area contributed by atoms with Gasteiger partial charge in [0.05, 0.1) is 17.5 Å².